The van der Waals surface area contributed by atoms with Gasteiger partial charge >= 0.3 is 5.97 Å². The van der Waals surface area contributed by atoms with Gasteiger partial charge in [0.15, 0.2) is 5.70 Å². The van der Waals surface area contributed by atoms with E-state index in [-0.39, 0.29) is 5.88 Å². The number of hydrazine groups is 1. The summed E-state index contributed by atoms with van der Waals surface area (Å²) in [4.78, 5) is 10.8. The van der Waals surface area contributed by atoms with Gasteiger partial charge < -0.3 is 15.6 Å². The van der Waals surface area contributed by atoms with Crippen molar-refractivity contribution in [1.29, 1.82) is 0 Å². The molecular weight excluding hydrogens is 270 g/mol. The molecule has 1 aromatic rings. The molecule has 0 aromatic heterocycles. The molecule has 0 saturated heterocycles. The lowest BCUT2D eigenvalue weighted by Crippen LogP contribution is -2.31. The van der Waals surface area contributed by atoms with E-state index in [1.807, 2.05) is 12.1 Å². The number of ether oxygens (including phenoxy) is 1. The number of aliphatic carboxylic acids is 1. The molecule has 6 nitrogen and oxygen atoms in total. The van der Waals surface area contributed by atoms with E-state index in [0.29, 0.717) is 11.7 Å². The number of carbonyl (C=O) groups is 1. The third-order valence-electron chi connectivity index (χ3n) is 3.76. The van der Waals surface area contributed by atoms with Crippen LogP contribution in [0.25, 0.3) is 0 Å². The van der Waals surface area contributed by atoms with Gasteiger partial charge in [-0.2, -0.15) is 0 Å². The van der Waals surface area contributed by atoms with Gasteiger partial charge in [-0.15, -0.1) is 0 Å². The van der Waals surface area contributed by atoms with E-state index in [9.17, 15) is 4.79 Å². The molecule has 1 fully saturated rings. The molecule has 0 radical (unpaired) electrons. The van der Waals surface area contributed by atoms with Gasteiger partial charge in [-0.3, -0.25) is 5.43 Å². The van der Waals surface area contributed by atoms with Crippen molar-refractivity contribution < 1.29 is 14.6 Å². The average molecular weight is 291 g/mol. The fraction of sp³-hybridized carbons (Fsp3) is 0.400. The third-order valence-corrected chi connectivity index (χ3v) is 3.76. The van der Waals surface area contributed by atoms with Crippen molar-refractivity contribution in [2.75, 3.05) is 0 Å². The van der Waals surface area contributed by atoms with E-state index in [4.69, 9.17) is 21.4 Å². The molecule has 1 saturated carbocycles. The zero-order chi connectivity index (χ0) is 15.2. The summed E-state index contributed by atoms with van der Waals surface area (Å²) in [6, 6.07) is 7.63. The van der Waals surface area contributed by atoms with Gasteiger partial charge in [0, 0.05) is 0 Å². The first kappa shape index (κ1) is 15.2. The maximum atomic E-state index is 10.8. The van der Waals surface area contributed by atoms with E-state index in [1.54, 1.807) is 6.07 Å². The fourth-order valence-electron chi connectivity index (χ4n) is 2.65. The molecule has 6 heteroatoms. The Morgan fingerprint density at radius 1 is 1.29 bits per heavy atom. The summed E-state index contributed by atoms with van der Waals surface area (Å²) in [7, 11) is 0. The number of carboxylic acid groups (broad SMARTS) is 1. The summed E-state index contributed by atoms with van der Waals surface area (Å²) < 4.78 is 5.46. The minimum atomic E-state index is -1.29. The zero-order valence-electron chi connectivity index (χ0n) is 11.8. The summed E-state index contributed by atoms with van der Waals surface area (Å²) >= 11 is 0. The quantitative estimate of drug-likeness (QED) is 0.285. The van der Waals surface area contributed by atoms with Crippen molar-refractivity contribution in [2.24, 2.45) is 11.6 Å². The van der Waals surface area contributed by atoms with Crippen molar-refractivity contribution >= 4 is 5.97 Å². The molecule has 1 aromatic carbocycles. The number of hydrogen-bond acceptors (Lipinski definition) is 5. The monoisotopic (exact) mass is 291 g/mol. The summed E-state index contributed by atoms with van der Waals surface area (Å²) in [5.74, 6) is 4.88. The molecule has 0 bridgehead atoms. The highest BCUT2D eigenvalue weighted by Gasteiger charge is 2.17. The predicted octanol–water partition coefficient (Wildman–Crippen LogP) is 1.79. The van der Waals surface area contributed by atoms with Crippen molar-refractivity contribution in [1.82, 2.24) is 5.43 Å². The SMILES string of the molecule is NN/C(Oc1cccc(C2CCCCC2)c1)=C(\N)C(=O)O. The number of nitrogens with two attached hydrogens (primary N) is 2. The number of hydrogen-bond donors (Lipinski definition) is 4. The number of benzene rings is 1. The zero-order valence-corrected chi connectivity index (χ0v) is 11.8. The van der Waals surface area contributed by atoms with E-state index in [0.717, 1.165) is 0 Å². The van der Waals surface area contributed by atoms with Gasteiger partial charge in [0.25, 0.3) is 0 Å². The first-order valence-corrected chi connectivity index (χ1v) is 7.09. The lowest BCUT2D eigenvalue weighted by molar-refractivity contribution is -0.132. The Hall–Kier alpha value is -2.21. The summed E-state index contributed by atoms with van der Waals surface area (Å²) in [5, 5.41) is 8.86. The average Bonchev–Trinajstić information content (AvgIpc) is 2.53. The molecule has 0 heterocycles. The van der Waals surface area contributed by atoms with E-state index in [1.165, 1.54) is 37.7 Å². The van der Waals surface area contributed by atoms with Crippen molar-refractivity contribution in [3.63, 3.8) is 0 Å². The molecule has 21 heavy (non-hydrogen) atoms. The van der Waals surface area contributed by atoms with Crippen molar-refractivity contribution in [3.8, 4) is 5.75 Å². The van der Waals surface area contributed by atoms with Crippen LogP contribution in [0.2, 0.25) is 0 Å². The number of rotatable bonds is 5. The first-order chi connectivity index (χ1) is 10.1. The van der Waals surface area contributed by atoms with Crippen LogP contribution in [-0.4, -0.2) is 11.1 Å². The topological polar surface area (TPSA) is 111 Å². The van der Waals surface area contributed by atoms with Crippen LogP contribution >= 0.6 is 0 Å². The molecule has 0 spiro atoms. The highest BCUT2D eigenvalue weighted by atomic mass is 16.5. The lowest BCUT2D eigenvalue weighted by Gasteiger charge is -2.22. The molecular formula is C15H21N3O3. The molecule has 1 aliphatic rings. The Morgan fingerprint density at radius 3 is 2.62 bits per heavy atom. The van der Waals surface area contributed by atoms with Gasteiger partial charge in [-0.05, 0) is 36.5 Å². The molecule has 6 N–H and O–H groups in total. The smallest absolute Gasteiger partial charge is 0.357 e. The largest absolute Gasteiger partial charge is 0.476 e. The van der Waals surface area contributed by atoms with Crippen molar-refractivity contribution in [2.45, 2.75) is 38.0 Å². The Labute approximate surface area is 123 Å². The number of carboxylic acids is 1. The Morgan fingerprint density at radius 2 is 2.00 bits per heavy atom. The van der Waals surface area contributed by atoms with Gasteiger partial charge in [-0.25, -0.2) is 10.6 Å². The second kappa shape index (κ2) is 6.99. The van der Waals surface area contributed by atoms with Gasteiger partial charge in [0.2, 0.25) is 5.88 Å². The van der Waals surface area contributed by atoms with Gasteiger partial charge in [0.05, 0.1) is 0 Å². The molecule has 114 valence electrons. The van der Waals surface area contributed by atoms with Gasteiger partial charge in [0.1, 0.15) is 5.75 Å². The normalized spacial score (nSPS) is 17.0. The summed E-state index contributed by atoms with van der Waals surface area (Å²) in [6.45, 7) is 0. The number of nitrogens with one attached hydrogen (secondary N) is 1. The van der Waals surface area contributed by atoms with Crippen LogP contribution in [0.4, 0.5) is 0 Å². The Balaban J connectivity index is 2.17. The molecule has 0 amide bonds. The molecule has 2 rings (SSSR count). The molecule has 0 unspecified atom stereocenters. The minimum absolute atomic E-state index is 0.164. The second-order valence-electron chi connectivity index (χ2n) is 5.20. The van der Waals surface area contributed by atoms with Crippen LogP contribution in [0.15, 0.2) is 35.8 Å². The van der Waals surface area contributed by atoms with E-state index in [2.05, 4.69) is 11.5 Å². The highest BCUT2D eigenvalue weighted by molar-refractivity contribution is 5.85. The van der Waals surface area contributed by atoms with Crippen LogP contribution in [0.1, 0.15) is 43.6 Å². The van der Waals surface area contributed by atoms with Gasteiger partial charge in [-0.1, -0.05) is 31.4 Å². The lowest BCUT2D eigenvalue weighted by atomic mass is 9.84. The third kappa shape index (κ3) is 3.88. The molecule has 1 aliphatic carbocycles. The highest BCUT2D eigenvalue weighted by Crippen LogP contribution is 2.34. The fourth-order valence-corrected chi connectivity index (χ4v) is 2.65. The maximum Gasteiger partial charge on any atom is 0.357 e. The predicted molar refractivity (Wildman–Crippen MR) is 79.1 cm³/mol. The minimum Gasteiger partial charge on any atom is -0.476 e. The Bertz CT molecular complexity index is 537. The summed E-state index contributed by atoms with van der Waals surface area (Å²) in [5.41, 5.74) is 8.34. The Kier molecular flexibility index (Phi) is 5.05. The van der Waals surface area contributed by atoms with Crippen LogP contribution in [-0.2, 0) is 4.79 Å². The van der Waals surface area contributed by atoms with Crippen LogP contribution in [0.3, 0.4) is 0 Å². The van der Waals surface area contributed by atoms with E-state index < -0.39 is 11.7 Å². The van der Waals surface area contributed by atoms with Crippen LogP contribution in [0.5, 0.6) is 5.75 Å². The first-order valence-electron chi connectivity index (χ1n) is 7.09. The van der Waals surface area contributed by atoms with Crippen LogP contribution < -0.4 is 21.7 Å². The second-order valence-corrected chi connectivity index (χ2v) is 5.20. The van der Waals surface area contributed by atoms with Crippen LogP contribution in [0, 0.1) is 0 Å². The molecule has 0 atom stereocenters. The maximum absolute atomic E-state index is 10.8. The standard InChI is InChI=1S/C15H21N3O3/c16-13(15(19)20)14(18-17)21-12-8-4-7-11(9-12)10-5-2-1-3-6-10/h4,7-10,18H,1-3,5-6,16-17H2,(H,19,20)/b14-13+. The van der Waals surface area contributed by atoms with Crippen molar-refractivity contribution in [3.05, 3.63) is 41.4 Å². The molecule has 0 aliphatic heterocycles. The van der Waals surface area contributed by atoms with E-state index >= 15 is 0 Å². The summed E-state index contributed by atoms with van der Waals surface area (Å²) in [6.07, 6.45) is 6.15.